The fourth-order valence-corrected chi connectivity index (χ4v) is 3.79. The summed E-state index contributed by atoms with van der Waals surface area (Å²) in [5.74, 6) is -0.454. The van der Waals surface area contributed by atoms with Crippen molar-refractivity contribution in [2.24, 2.45) is 0 Å². The fourth-order valence-electron chi connectivity index (χ4n) is 2.89. The molecule has 1 aliphatic carbocycles. The number of nitrogens with one attached hydrogen (secondary N) is 1. The van der Waals surface area contributed by atoms with Crippen LogP contribution >= 0.6 is 11.3 Å². The summed E-state index contributed by atoms with van der Waals surface area (Å²) in [5, 5.41) is 5.97. The van der Waals surface area contributed by atoms with Gasteiger partial charge in [0.1, 0.15) is 17.1 Å². The number of aromatic nitrogens is 1. The predicted octanol–water partition coefficient (Wildman–Crippen LogP) is 2.55. The van der Waals surface area contributed by atoms with Crippen LogP contribution in [0.4, 0.5) is 0 Å². The Morgan fingerprint density at radius 2 is 2.19 bits per heavy atom. The van der Waals surface area contributed by atoms with Crippen LogP contribution < -0.4 is 5.32 Å². The number of nitrogens with zero attached hydrogens (tertiary/aromatic N) is 1. The first kappa shape index (κ1) is 14.1. The molecule has 0 radical (unpaired) electrons. The van der Waals surface area contributed by atoms with Gasteiger partial charge in [0.15, 0.2) is 0 Å². The van der Waals surface area contributed by atoms with E-state index in [1.54, 1.807) is 10.6 Å². The van der Waals surface area contributed by atoms with Crippen LogP contribution in [0.15, 0.2) is 17.5 Å². The number of carbonyl (C=O) groups is 2. The Kier molecular flexibility index (Phi) is 3.96. The molecular formula is C15H18N2O3S. The van der Waals surface area contributed by atoms with Crippen LogP contribution in [0, 0.1) is 0 Å². The third-order valence-corrected chi connectivity index (χ3v) is 4.87. The number of esters is 1. The molecular weight excluding hydrogens is 288 g/mol. The predicted molar refractivity (Wildman–Crippen MR) is 81.6 cm³/mol. The molecule has 0 aliphatic heterocycles. The summed E-state index contributed by atoms with van der Waals surface area (Å²) in [6.07, 6.45) is 4.46. The minimum absolute atomic E-state index is 0.0436. The molecule has 21 heavy (non-hydrogen) atoms. The molecule has 5 nitrogen and oxygen atoms in total. The van der Waals surface area contributed by atoms with Gasteiger partial charge in [-0.15, -0.1) is 11.3 Å². The molecule has 2 aromatic heterocycles. The molecule has 0 spiro atoms. The molecule has 0 atom stereocenters. The number of thiophene rings is 1. The summed E-state index contributed by atoms with van der Waals surface area (Å²) in [4.78, 5) is 25.0. The quantitative estimate of drug-likeness (QED) is 0.883. The normalized spacial score (nSPS) is 15.5. The van der Waals surface area contributed by atoms with Crippen LogP contribution in [-0.4, -0.2) is 29.6 Å². The zero-order valence-corrected chi connectivity index (χ0v) is 12.7. The van der Waals surface area contributed by atoms with E-state index in [2.05, 4.69) is 5.32 Å². The number of rotatable bonds is 4. The van der Waals surface area contributed by atoms with Gasteiger partial charge in [0.25, 0.3) is 0 Å². The van der Waals surface area contributed by atoms with Gasteiger partial charge in [0.05, 0.1) is 7.11 Å². The van der Waals surface area contributed by atoms with Gasteiger partial charge in [-0.05, 0) is 30.4 Å². The minimum Gasteiger partial charge on any atom is -0.464 e. The van der Waals surface area contributed by atoms with Gasteiger partial charge in [0.2, 0.25) is 5.91 Å². The van der Waals surface area contributed by atoms with Crippen molar-refractivity contribution < 1.29 is 14.3 Å². The van der Waals surface area contributed by atoms with E-state index < -0.39 is 5.97 Å². The Balaban J connectivity index is 1.82. The Labute approximate surface area is 126 Å². The van der Waals surface area contributed by atoms with Gasteiger partial charge in [-0.3, -0.25) is 4.79 Å². The number of carbonyl (C=O) groups excluding carboxylic acids is 2. The molecule has 0 bridgehead atoms. The smallest absolute Gasteiger partial charge is 0.354 e. The van der Waals surface area contributed by atoms with Crippen molar-refractivity contribution in [1.82, 2.24) is 9.88 Å². The minimum atomic E-state index is -0.410. The summed E-state index contributed by atoms with van der Waals surface area (Å²) in [7, 11) is 1.35. The summed E-state index contributed by atoms with van der Waals surface area (Å²) in [6.45, 7) is 0.158. The molecule has 2 heterocycles. The number of hydrogen-bond donors (Lipinski definition) is 1. The number of methoxy groups -OCH3 is 1. The van der Waals surface area contributed by atoms with Crippen LogP contribution in [0.3, 0.4) is 0 Å². The molecule has 1 aliphatic rings. The first-order chi connectivity index (χ1) is 10.2. The van der Waals surface area contributed by atoms with Crippen LogP contribution in [0.25, 0.3) is 10.2 Å². The first-order valence-electron chi connectivity index (χ1n) is 7.13. The zero-order chi connectivity index (χ0) is 14.8. The van der Waals surface area contributed by atoms with E-state index in [1.807, 2.05) is 11.4 Å². The third-order valence-electron chi connectivity index (χ3n) is 3.92. The van der Waals surface area contributed by atoms with Crippen LogP contribution in [0.2, 0.25) is 0 Å². The second-order valence-electron chi connectivity index (χ2n) is 5.34. The topological polar surface area (TPSA) is 60.3 Å². The molecule has 0 unspecified atom stereocenters. The van der Waals surface area contributed by atoms with Crippen molar-refractivity contribution in [1.29, 1.82) is 0 Å². The van der Waals surface area contributed by atoms with E-state index in [9.17, 15) is 9.59 Å². The molecule has 112 valence electrons. The molecule has 1 amide bonds. The molecule has 1 saturated carbocycles. The zero-order valence-electron chi connectivity index (χ0n) is 11.9. The van der Waals surface area contributed by atoms with Gasteiger partial charge in [0, 0.05) is 11.4 Å². The molecule has 0 saturated heterocycles. The van der Waals surface area contributed by atoms with Gasteiger partial charge in [-0.2, -0.15) is 0 Å². The monoisotopic (exact) mass is 306 g/mol. The van der Waals surface area contributed by atoms with E-state index in [0.717, 1.165) is 23.1 Å². The SMILES string of the molecule is COC(=O)c1cc2ccsc2n1CC(=O)NC1CCCC1. The van der Waals surface area contributed by atoms with E-state index in [4.69, 9.17) is 4.74 Å². The maximum absolute atomic E-state index is 12.2. The Hall–Kier alpha value is -1.82. The average molecular weight is 306 g/mol. The molecule has 2 aromatic rings. The van der Waals surface area contributed by atoms with Gasteiger partial charge in [-0.25, -0.2) is 4.79 Å². The highest BCUT2D eigenvalue weighted by Crippen LogP contribution is 2.26. The number of fused-ring (bicyclic) bond motifs is 1. The van der Waals surface area contributed by atoms with E-state index in [0.29, 0.717) is 5.69 Å². The van der Waals surface area contributed by atoms with Gasteiger partial charge in [-0.1, -0.05) is 12.8 Å². The molecule has 0 aromatic carbocycles. The van der Waals surface area contributed by atoms with Crippen molar-refractivity contribution in [3.05, 3.63) is 23.2 Å². The summed E-state index contributed by atoms with van der Waals surface area (Å²) in [6, 6.07) is 4.01. The first-order valence-corrected chi connectivity index (χ1v) is 8.01. The van der Waals surface area contributed by atoms with Gasteiger partial charge >= 0.3 is 5.97 Å². The molecule has 3 rings (SSSR count). The van der Waals surface area contributed by atoms with E-state index in [1.165, 1.54) is 31.3 Å². The lowest BCUT2D eigenvalue weighted by molar-refractivity contribution is -0.122. The number of amides is 1. The lowest BCUT2D eigenvalue weighted by Gasteiger charge is -2.13. The summed E-state index contributed by atoms with van der Waals surface area (Å²) >= 11 is 1.52. The standard InChI is InChI=1S/C15H18N2O3S/c1-20-15(19)12-8-10-6-7-21-14(10)17(12)9-13(18)16-11-4-2-3-5-11/h6-8,11H,2-5,9H2,1H3,(H,16,18). The van der Waals surface area contributed by atoms with Crippen molar-refractivity contribution in [3.63, 3.8) is 0 Å². The Morgan fingerprint density at radius 3 is 2.90 bits per heavy atom. The lowest BCUT2D eigenvalue weighted by Crippen LogP contribution is -2.35. The van der Waals surface area contributed by atoms with Gasteiger partial charge < -0.3 is 14.6 Å². The molecule has 6 heteroatoms. The summed E-state index contributed by atoms with van der Waals surface area (Å²) < 4.78 is 6.55. The Bertz CT molecular complexity index is 668. The van der Waals surface area contributed by atoms with Crippen molar-refractivity contribution in [2.75, 3.05) is 7.11 Å². The van der Waals surface area contributed by atoms with E-state index in [-0.39, 0.29) is 18.5 Å². The Morgan fingerprint density at radius 1 is 1.43 bits per heavy atom. The second-order valence-corrected chi connectivity index (χ2v) is 6.23. The number of ether oxygens (including phenoxy) is 1. The highest BCUT2D eigenvalue weighted by atomic mass is 32.1. The highest BCUT2D eigenvalue weighted by Gasteiger charge is 2.21. The van der Waals surface area contributed by atoms with Crippen molar-refractivity contribution in [3.8, 4) is 0 Å². The highest BCUT2D eigenvalue weighted by molar-refractivity contribution is 7.16. The number of hydrogen-bond acceptors (Lipinski definition) is 4. The lowest BCUT2D eigenvalue weighted by atomic mass is 10.2. The van der Waals surface area contributed by atoms with Crippen molar-refractivity contribution >= 4 is 33.4 Å². The van der Waals surface area contributed by atoms with Crippen LogP contribution in [0.5, 0.6) is 0 Å². The average Bonchev–Trinajstić information content (AvgIpc) is 3.16. The third kappa shape index (κ3) is 2.81. The van der Waals surface area contributed by atoms with Crippen molar-refractivity contribution in [2.45, 2.75) is 38.3 Å². The van der Waals surface area contributed by atoms with E-state index >= 15 is 0 Å². The maximum atomic E-state index is 12.2. The fraction of sp³-hybridized carbons (Fsp3) is 0.467. The second kappa shape index (κ2) is 5.89. The van der Waals surface area contributed by atoms with Crippen LogP contribution in [0.1, 0.15) is 36.2 Å². The maximum Gasteiger partial charge on any atom is 0.354 e. The molecule has 1 fully saturated rings. The van der Waals surface area contributed by atoms with Crippen LogP contribution in [-0.2, 0) is 16.1 Å². The largest absolute Gasteiger partial charge is 0.464 e. The summed E-state index contributed by atoms with van der Waals surface area (Å²) in [5.41, 5.74) is 0.431. The molecule has 1 N–H and O–H groups in total.